The van der Waals surface area contributed by atoms with E-state index in [-0.39, 0.29) is 24.2 Å². The maximum atomic E-state index is 12.1. The summed E-state index contributed by atoms with van der Waals surface area (Å²) in [5, 5.41) is 9.79. The fourth-order valence-electron chi connectivity index (χ4n) is 2.59. The Labute approximate surface area is 134 Å². The predicted molar refractivity (Wildman–Crippen MR) is 83.1 cm³/mol. The summed E-state index contributed by atoms with van der Waals surface area (Å²) in [6.07, 6.45) is 4.30. The minimum atomic E-state index is -0.352. The number of anilines is 1. The molecule has 3 rings (SSSR count). The second-order valence-corrected chi connectivity index (χ2v) is 5.57. The number of amides is 2. The van der Waals surface area contributed by atoms with Crippen molar-refractivity contribution in [3.8, 4) is 0 Å². The molecule has 1 saturated heterocycles. The fraction of sp³-hybridized carbons (Fsp3) is 0.533. The number of hydrogen-bond acceptors (Lipinski definition) is 5. The lowest BCUT2D eigenvalue weighted by molar-refractivity contribution is 0.100. The predicted octanol–water partition coefficient (Wildman–Crippen LogP) is 2.16. The van der Waals surface area contributed by atoms with Crippen LogP contribution in [0.4, 0.5) is 10.8 Å². The number of urea groups is 1. The Morgan fingerprint density at radius 3 is 2.96 bits per heavy atom. The molecule has 23 heavy (non-hydrogen) atoms. The first kappa shape index (κ1) is 15.5. The minimum absolute atomic E-state index is 0.110. The van der Waals surface area contributed by atoms with Crippen LogP contribution in [0.2, 0.25) is 0 Å². The average Bonchev–Trinajstić information content (AvgIpc) is 3.20. The normalized spacial score (nSPS) is 20.7. The van der Waals surface area contributed by atoms with Gasteiger partial charge >= 0.3 is 12.0 Å². The number of hydrogen-bond donors (Lipinski definition) is 2. The van der Waals surface area contributed by atoms with Crippen LogP contribution in [0.3, 0.4) is 0 Å². The number of aromatic nitrogens is 3. The molecule has 0 unspecified atom stereocenters. The Hall–Kier alpha value is -2.35. The molecule has 0 spiro atoms. The van der Waals surface area contributed by atoms with Crippen molar-refractivity contribution < 1.29 is 13.9 Å². The summed E-state index contributed by atoms with van der Waals surface area (Å²) < 4.78 is 12.9. The van der Waals surface area contributed by atoms with Gasteiger partial charge in [-0.25, -0.2) is 4.79 Å². The van der Waals surface area contributed by atoms with Gasteiger partial charge in [-0.05, 0) is 27.2 Å². The molecule has 0 radical (unpaired) electrons. The van der Waals surface area contributed by atoms with Crippen LogP contribution in [0.25, 0.3) is 0 Å². The van der Waals surface area contributed by atoms with Gasteiger partial charge in [-0.3, -0.25) is 10.00 Å². The van der Waals surface area contributed by atoms with E-state index in [1.54, 1.807) is 13.1 Å². The third-order valence-corrected chi connectivity index (χ3v) is 3.96. The van der Waals surface area contributed by atoms with Crippen LogP contribution in [0, 0.1) is 13.8 Å². The van der Waals surface area contributed by atoms with Crippen molar-refractivity contribution in [3.63, 3.8) is 0 Å². The first-order chi connectivity index (χ1) is 11.1. The molecular weight excluding hydrogens is 298 g/mol. The first-order valence-electron chi connectivity index (χ1n) is 7.72. The molecule has 3 heterocycles. The molecule has 8 heteroatoms. The van der Waals surface area contributed by atoms with E-state index in [2.05, 4.69) is 20.7 Å². The van der Waals surface area contributed by atoms with Gasteiger partial charge in [0.05, 0.1) is 17.9 Å². The molecule has 0 aromatic carbocycles. The number of aryl methyl sites for hydroxylation is 3. The van der Waals surface area contributed by atoms with E-state index in [1.165, 1.54) is 0 Å². The molecule has 2 N–H and O–H groups in total. The van der Waals surface area contributed by atoms with E-state index in [0.717, 1.165) is 24.2 Å². The summed E-state index contributed by atoms with van der Waals surface area (Å²) in [6.45, 7) is 7.06. The number of nitrogens with one attached hydrogen (secondary N) is 2. The summed E-state index contributed by atoms with van der Waals surface area (Å²) in [5.74, 6) is 0.689. The van der Waals surface area contributed by atoms with Crippen LogP contribution < -0.4 is 10.6 Å². The fourth-order valence-corrected chi connectivity index (χ4v) is 2.59. The van der Waals surface area contributed by atoms with Crippen molar-refractivity contribution in [2.24, 2.45) is 0 Å². The zero-order valence-corrected chi connectivity index (χ0v) is 13.5. The molecular formula is C15H21N5O3. The van der Waals surface area contributed by atoms with Gasteiger partial charge in [0.2, 0.25) is 0 Å². The van der Waals surface area contributed by atoms with Crippen molar-refractivity contribution >= 4 is 12.0 Å². The van der Waals surface area contributed by atoms with Gasteiger partial charge in [0.25, 0.3) is 0 Å². The van der Waals surface area contributed by atoms with Crippen LogP contribution in [-0.4, -0.2) is 33.4 Å². The summed E-state index contributed by atoms with van der Waals surface area (Å²) in [4.78, 5) is 16.3. The lowest BCUT2D eigenvalue weighted by Crippen LogP contribution is -2.39. The number of rotatable bonds is 4. The van der Waals surface area contributed by atoms with Crippen molar-refractivity contribution in [2.75, 3.05) is 11.9 Å². The second kappa shape index (κ2) is 6.41. The Bertz CT molecular complexity index is 674. The Morgan fingerprint density at radius 2 is 2.30 bits per heavy atom. The molecule has 1 aliphatic heterocycles. The molecule has 1 fully saturated rings. The lowest BCUT2D eigenvalue weighted by Gasteiger charge is -2.18. The number of oxazole rings is 1. The number of carbonyl (C=O) groups is 1. The number of carbonyl (C=O) groups excluding carboxylic acids is 1. The zero-order chi connectivity index (χ0) is 16.4. The van der Waals surface area contributed by atoms with Crippen molar-refractivity contribution in [2.45, 2.75) is 45.9 Å². The minimum Gasteiger partial charge on any atom is -0.428 e. The molecule has 0 bridgehead atoms. The first-order valence-corrected chi connectivity index (χ1v) is 7.72. The summed E-state index contributed by atoms with van der Waals surface area (Å²) in [6, 6.07) is -0.261. The smallest absolute Gasteiger partial charge is 0.323 e. The monoisotopic (exact) mass is 319 g/mol. The summed E-state index contributed by atoms with van der Waals surface area (Å²) in [7, 11) is 0. The largest absolute Gasteiger partial charge is 0.428 e. The van der Waals surface area contributed by atoms with Gasteiger partial charge < -0.3 is 14.5 Å². The van der Waals surface area contributed by atoms with E-state index < -0.39 is 0 Å². The molecule has 124 valence electrons. The zero-order valence-electron chi connectivity index (χ0n) is 13.5. The van der Waals surface area contributed by atoms with Crippen LogP contribution >= 0.6 is 0 Å². The molecule has 2 aromatic heterocycles. The highest BCUT2D eigenvalue weighted by atomic mass is 16.5. The molecule has 8 nitrogen and oxygen atoms in total. The van der Waals surface area contributed by atoms with E-state index in [9.17, 15) is 4.79 Å². The van der Waals surface area contributed by atoms with Crippen LogP contribution in [-0.2, 0) is 11.3 Å². The van der Waals surface area contributed by atoms with Crippen molar-refractivity contribution in [3.05, 3.63) is 29.4 Å². The third-order valence-electron chi connectivity index (χ3n) is 3.96. The topological polar surface area (TPSA) is 94.2 Å². The van der Waals surface area contributed by atoms with Gasteiger partial charge in [-0.15, -0.1) is 0 Å². The maximum Gasteiger partial charge on any atom is 0.323 e. The van der Waals surface area contributed by atoms with E-state index in [4.69, 9.17) is 9.15 Å². The highest BCUT2D eigenvalue weighted by Crippen LogP contribution is 2.29. The van der Waals surface area contributed by atoms with Crippen LogP contribution in [0.5, 0.6) is 0 Å². The lowest BCUT2D eigenvalue weighted by atomic mass is 10.1. The van der Waals surface area contributed by atoms with Gasteiger partial charge in [0, 0.05) is 24.9 Å². The molecule has 2 aromatic rings. The van der Waals surface area contributed by atoms with Gasteiger partial charge in [0.1, 0.15) is 11.9 Å². The molecule has 2 atom stereocenters. The highest BCUT2D eigenvalue weighted by Gasteiger charge is 2.32. The Morgan fingerprint density at radius 1 is 1.48 bits per heavy atom. The number of nitrogens with zero attached hydrogens (tertiary/aromatic N) is 3. The van der Waals surface area contributed by atoms with Crippen LogP contribution in [0.15, 0.2) is 16.8 Å². The molecule has 0 saturated carbocycles. The Kier molecular flexibility index (Phi) is 4.33. The highest BCUT2D eigenvalue weighted by molar-refractivity contribution is 5.87. The maximum absolute atomic E-state index is 12.1. The van der Waals surface area contributed by atoms with Gasteiger partial charge in [-0.1, -0.05) is 0 Å². The van der Waals surface area contributed by atoms with Gasteiger partial charge in [-0.2, -0.15) is 10.1 Å². The van der Waals surface area contributed by atoms with E-state index in [1.807, 2.05) is 24.7 Å². The average molecular weight is 319 g/mol. The van der Waals surface area contributed by atoms with E-state index in [0.29, 0.717) is 12.4 Å². The van der Waals surface area contributed by atoms with E-state index >= 15 is 0 Å². The summed E-state index contributed by atoms with van der Waals surface area (Å²) >= 11 is 0. The second-order valence-electron chi connectivity index (χ2n) is 5.57. The SMILES string of the molecule is CCn1cc([C@H]2OCC[C@@H]2NC(=O)Nc2nc(C)c(C)o2)cn1. The Balaban J connectivity index is 1.62. The third kappa shape index (κ3) is 3.37. The van der Waals surface area contributed by atoms with Gasteiger partial charge in [0.15, 0.2) is 0 Å². The summed E-state index contributed by atoms with van der Waals surface area (Å²) in [5.41, 5.74) is 1.73. The van der Waals surface area contributed by atoms with Crippen LogP contribution in [0.1, 0.15) is 36.5 Å². The molecule has 1 aliphatic rings. The molecule has 2 amide bonds. The van der Waals surface area contributed by atoms with Crippen molar-refractivity contribution in [1.82, 2.24) is 20.1 Å². The number of ether oxygens (including phenoxy) is 1. The quantitative estimate of drug-likeness (QED) is 0.900. The van der Waals surface area contributed by atoms with Crippen molar-refractivity contribution in [1.29, 1.82) is 0 Å². The molecule has 0 aliphatic carbocycles. The standard InChI is InChI=1S/C15H21N5O3/c1-4-20-8-11(7-16-20)13-12(5-6-22-13)18-14(21)19-15-17-9(2)10(3)23-15/h7-8,12-13H,4-6H2,1-3H3,(H2,17,18,19,21)/t12-,13+/m0/s1.